The highest BCUT2D eigenvalue weighted by molar-refractivity contribution is 8.23. The number of fused-ring (bicyclic) bond motifs is 1. The van der Waals surface area contributed by atoms with Crippen molar-refractivity contribution in [3.05, 3.63) is 9.93 Å². The number of carbonyl (C=O) groups excluding carboxylic acids is 3. The molecule has 0 aliphatic carbocycles. The third-order valence-corrected chi connectivity index (χ3v) is 10.7. The van der Waals surface area contributed by atoms with Gasteiger partial charge >= 0.3 is 11.9 Å². The van der Waals surface area contributed by atoms with Crippen LogP contribution in [-0.2, 0) is 34.7 Å². The van der Waals surface area contributed by atoms with Crippen molar-refractivity contribution in [1.29, 1.82) is 0 Å². The van der Waals surface area contributed by atoms with E-state index in [0.29, 0.717) is 15.7 Å². The van der Waals surface area contributed by atoms with Crippen molar-refractivity contribution < 1.29 is 33.2 Å². The van der Waals surface area contributed by atoms with E-state index in [-0.39, 0.29) is 28.1 Å². The smallest absolute Gasteiger partial charge is 0.359 e. The Kier molecular flexibility index (Phi) is 7.49. The van der Waals surface area contributed by atoms with Crippen molar-refractivity contribution in [2.75, 3.05) is 18.3 Å². The molecule has 0 aromatic carbocycles. The van der Waals surface area contributed by atoms with Crippen molar-refractivity contribution in [1.82, 2.24) is 4.90 Å². The van der Waals surface area contributed by atoms with Crippen LogP contribution in [0.4, 0.5) is 0 Å². The first-order valence-corrected chi connectivity index (χ1v) is 13.5. The quantitative estimate of drug-likeness (QED) is 0.310. The highest BCUT2D eigenvalue weighted by atomic mass is 32.2. The Morgan fingerprint density at radius 2 is 2.00 bits per heavy atom. The summed E-state index contributed by atoms with van der Waals surface area (Å²) in [4.78, 5) is 39.1. The molecule has 0 spiro atoms. The van der Waals surface area contributed by atoms with Crippen LogP contribution in [0.5, 0.6) is 0 Å². The molecule has 0 radical (unpaired) electrons. The van der Waals surface area contributed by atoms with Crippen molar-refractivity contribution in [3.8, 4) is 0 Å². The van der Waals surface area contributed by atoms with Gasteiger partial charge in [0.15, 0.2) is 5.70 Å². The molecule has 3 aliphatic rings. The van der Waals surface area contributed by atoms with Gasteiger partial charge in [-0.3, -0.25) is 18.7 Å². The lowest BCUT2D eigenvalue weighted by Gasteiger charge is -2.43. The zero-order valence-corrected chi connectivity index (χ0v) is 20.7. The molecule has 3 rings (SSSR count). The number of ether oxygens (including phenoxy) is 2. The minimum Gasteiger partial charge on any atom is -0.427 e. The molecule has 11 heteroatoms. The van der Waals surface area contributed by atoms with E-state index in [4.69, 9.17) is 9.47 Å². The van der Waals surface area contributed by atoms with Gasteiger partial charge in [0.05, 0.1) is 21.7 Å². The molecular weight excluding hydrogens is 462 g/mol. The Labute approximate surface area is 193 Å². The average molecular weight is 492 g/mol. The SMILES string of the molecule is CC(C)C(C)(C)C(=O)OCOC(=O)C1=C(S[C@H]2CC[S@](=O)C2)S[C@@H]2[C@@H]([C@@H](C)O)C(=O)N12. The summed E-state index contributed by atoms with van der Waals surface area (Å²) in [7, 11) is -0.868. The van der Waals surface area contributed by atoms with Gasteiger partial charge in [-0.2, -0.15) is 0 Å². The van der Waals surface area contributed by atoms with Crippen LogP contribution in [0.1, 0.15) is 41.0 Å². The standard InChI is InChI=1S/C20H29NO7S3/c1-10(2)20(4,5)19(25)28-9-27-17(24)14-18(29-12-6-7-31(26)8-12)30-16-13(11(3)22)15(23)21(14)16/h10-13,16,22H,6-9H2,1-5H3/t11-,12+,13+,16-,31+/m1/s1. The molecule has 3 aliphatic heterocycles. The number of aliphatic hydroxyl groups is 1. The van der Waals surface area contributed by atoms with Gasteiger partial charge < -0.3 is 14.6 Å². The lowest BCUT2D eigenvalue weighted by molar-refractivity contribution is -0.176. The third kappa shape index (κ3) is 4.84. The maximum atomic E-state index is 12.9. The molecule has 8 nitrogen and oxygen atoms in total. The third-order valence-electron chi connectivity index (χ3n) is 6.12. The first-order chi connectivity index (χ1) is 14.4. The Balaban J connectivity index is 1.70. The van der Waals surface area contributed by atoms with E-state index in [9.17, 15) is 23.7 Å². The van der Waals surface area contributed by atoms with Crippen LogP contribution in [0, 0.1) is 17.3 Å². The Bertz CT molecular complexity index is 824. The van der Waals surface area contributed by atoms with Gasteiger partial charge in [-0.1, -0.05) is 25.6 Å². The molecule has 2 fully saturated rings. The molecule has 0 aromatic heterocycles. The summed E-state index contributed by atoms with van der Waals surface area (Å²) in [6, 6.07) is 0. The molecule has 5 atom stereocenters. The van der Waals surface area contributed by atoms with Crippen LogP contribution in [0.15, 0.2) is 9.93 Å². The number of nitrogens with zero attached hydrogens (tertiary/aromatic N) is 1. The molecule has 0 unspecified atom stereocenters. The summed E-state index contributed by atoms with van der Waals surface area (Å²) in [6.45, 7) is 8.35. The number of β-lactam (4-membered cyclic amide) rings is 1. The predicted molar refractivity (Wildman–Crippen MR) is 120 cm³/mol. The zero-order chi connectivity index (χ0) is 23.1. The van der Waals surface area contributed by atoms with E-state index in [1.165, 1.54) is 28.4 Å². The molecule has 1 amide bonds. The second-order valence-corrected chi connectivity index (χ2v) is 13.1. The molecule has 0 aromatic rings. The topological polar surface area (TPSA) is 110 Å². The molecule has 0 bridgehead atoms. The minimum absolute atomic E-state index is 0.0430. The van der Waals surface area contributed by atoms with Crippen molar-refractivity contribution in [3.63, 3.8) is 0 Å². The Hall–Kier alpha value is -1.04. The number of rotatable bonds is 8. The fraction of sp³-hybridized carbons (Fsp3) is 0.750. The van der Waals surface area contributed by atoms with Gasteiger partial charge in [-0.25, -0.2) is 4.79 Å². The molecule has 174 valence electrons. The second kappa shape index (κ2) is 9.44. The van der Waals surface area contributed by atoms with Gasteiger partial charge in [0.1, 0.15) is 5.37 Å². The van der Waals surface area contributed by atoms with E-state index < -0.39 is 47.0 Å². The Morgan fingerprint density at radius 3 is 2.55 bits per heavy atom. The van der Waals surface area contributed by atoms with Crippen LogP contribution in [0.25, 0.3) is 0 Å². The van der Waals surface area contributed by atoms with E-state index in [2.05, 4.69) is 0 Å². The summed E-state index contributed by atoms with van der Waals surface area (Å²) in [6.07, 6.45) is -0.0645. The second-order valence-electron chi connectivity index (χ2n) is 8.82. The molecule has 2 saturated heterocycles. The summed E-state index contributed by atoms with van der Waals surface area (Å²) in [5, 5.41) is 9.67. The number of hydrogen-bond donors (Lipinski definition) is 1. The monoisotopic (exact) mass is 491 g/mol. The fourth-order valence-electron chi connectivity index (χ4n) is 3.33. The minimum atomic E-state index is -0.868. The summed E-state index contributed by atoms with van der Waals surface area (Å²) in [5.74, 6) is -0.932. The van der Waals surface area contributed by atoms with Crippen LogP contribution < -0.4 is 0 Å². The summed E-state index contributed by atoms with van der Waals surface area (Å²) >= 11 is 2.78. The highest BCUT2D eigenvalue weighted by Crippen LogP contribution is 2.55. The van der Waals surface area contributed by atoms with Crippen molar-refractivity contribution in [2.45, 2.75) is 57.8 Å². The fourth-order valence-corrected chi connectivity index (χ4v) is 8.58. The number of aliphatic hydroxyl groups excluding tert-OH is 1. The molecular formula is C20H29NO7S3. The van der Waals surface area contributed by atoms with Gasteiger partial charge in [0.25, 0.3) is 0 Å². The summed E-state index contributed by atoms with van der Waals surface area (Å²) < 4.78 is 22.7. The average Bonchev–Trinajstić information content (AvgIpc) is 3.22. The van der Waals surface area contributed by atoms with Gasteiger partial charge in [-0.15, -0.1) is 11.8 Å². The zero-order valence-electron chi connectivity index (χ0n) is 18.3. The van der Waals surface area contributed by atoms with Crippen molar-refractivity contribution in [2.24, 2.45) is 17.3 Å². The molecule has 1 N–H and O–H groups in total. The first kappa shape index (κ1) is 24.6. The van der Waals surface area contributed by atoms with Gasteiger partial charge in [0, 0.05) is 27.6 Å². The number of carbonyl (C=O) groups is 3. The van der Waals surface area contributed by atoms with E-state index in [1.807, 2.05) is 13.8 Å². The van der Waals surface area contributed by atoms with E-state index in [1.54, 1.807) is 20.8 Å². The van der Waals surface area contributed by atoms with E-state index in [0.717, 1.165) is 6.42 Å². The highest BCUT2D eigenvalue weighted by Gasteiger charge is 2.58. The number of amides is 1. The van der Waals surface area contributed by atoms with Crippen LogP contribution >= 0.6 is 23.5 Å². The van der Waals surface area contributed by atoms with Gasteiger partial charge in [-0.05, 0) is 33.1 Å². The largest absolute Gasteiger partial charge is 0.427 e. The normalized spacial score (nSPS) is 29.1. The van der Waals surface area contributed by atoms with Crippen molar-refractivity contribution >= 4 is 52.2 Å². The number of hydrogen-bond acceptors (Lipinski definition) is 9. The maximum Gasteiger partial charge on any atom is 0.359 e. The maximum absolute atomic E-state index is 12.9. The van der Waals surface area contributed by atoms with Crippen LogP contribution in [-0.4, -0.2) is 67.1 Å². The summed E-state index contributed by atoms with van der Waals surface area (Å²) in [5.41, 5.74) is -0.601. The van der Waals surface area contributed by atoms with Crippen LogP contribution in [0.2, 0.25) is 0 Å². The first-order valence-electron chi connectivity index (χ1n) is 10.2. The van der Waals surface area contributed by atoms with E-state index >= 15 is 0 Å². The lowest BCUT2D eigenvalue weighted by Crippen LogP contribution is -2.60. The van der Waals surface area contributed by atoms with Gasteiger partial charge in [0.2, 0.25) is 12.7 Å². The van der Waals surface area contributed by atoms with Crippen LogP contribution in [0.3, 0.4) is 0 Å². The predicted octanol–water partition coefficient (Wildman–Crippen LogP) is 2.05. The number of esters is 2. The molecule has 3 heterocycles. The number of thioether (sulfide) groups is 2. The lowest BCUT2D eigenvalue weighted by atomic mass is 9.81. The molecule has 0 saturated carbocycles. The molecule has 31 heavy (non-hydrogen) atoms. The Morgan fingerprint density at radius 1 is 1.32 bits per heavy atom.